The predicted octanol–water partition coefficient (Wildman–Crippen LogP) is 4.76. The molecule has 1 aliphatic rings. The minimum Gasteiger partial charge on any atom is -0.314 e. The fourth-order valence-electron chi connectivity index (χ4n) is 3.59. The molecule has 0 bridgehead atoms. The fraction of sp³-hybridized carbons (Fsp3) is 1.00. The monoisotopic (exact) mass is 239 g/mol. The van der Waals surface area contributed by atoms with E-state index in [0.717, 1.165) is 18.5 Å². The average Bonchev–Trinajstić information content (AvgIpc) is 2.28. The predicted molar refractivity (Wildman–Crippen MR) is 77.3 cm³/mol. The third kappa shape index (κ3) is 4.62. The van der Waals surface area contributed by atoms with Crippen LogP contribution in [0.3, 0.4) is 0 Å². The van der Waals surface area contributed by atoms with Gasteiger partial charge in [0.05, 0.1) is 0 Å². The van der Waals surface area contributed by atoms with Crippen LogP contribution in [0.4, 0.5) is 0 Å². The van der Waals surface area contributed by atoms with Crippen molar-refractivity contribution in [2.45, 2.75) is 85.1 Å². The lowest BCUT2D eigenvalue weighted by Crippen LogP contribution is -2.44. The van der Waals surface area contributed by atoms with E-state index in [2.05, 4.69) is 33.0 Å². The molecule has 1 heteroatoms. The second-order valence-electron chi connectivity index (χ2n) is 6.50. The van der Waals surface area contributed by atoms with Crippen LogP contribution in [0.15, 0.2) is 0 Å². The van der Waals surface area contributed by atoms with Crippen molar-refractivity contribution >= 4 is 0 Å². The molecule has 1 aliphatic carbocycles. The average molecular weight is 239 g/mol. The normalized spacial score (nSPS) is 25.8. The molecule has 2 atom stereocenters. The summed E-state index contributed by atoms with van der Waals surface area (Å²) in [4.78, 5) is 0. The van der Waals surface area contributed by atoms with Crippen LogP contribution >= 0.6 is 0 Å². The van der Waals surface area contributed by atoms with Crippen LogP contribution in [0.5, 0.6) is 0 Å². The summed E-state index contributed by atoms with van der Waals surface area (Å²) in [6.07, 6.45) is 11.3. The minimum atomic E-state index is 0.553. The highest BCUT2D eigenvalue weighted by Gasteiger charge is 2.36. The van der Waals surface area contributed by atoms with Crippen molar-refractivity contribution in [2.75, 3.05) is 6.54 Å². The smallest absolute Gasteiger partial charge is 0.0100 e. The molecule has 2 unspecified atom stereocenters. The number of hydrogen-bond acceptors (Lipinski definition) is 1. The zero-order chi connectivity index (χ0) is 12.7. The highest BCUT2D eigenvalue weighted by Crippen LogP contribution is 2.43. The summed E-state index contributed by atoms with van der Waals surface area (Å²) in [5.74, 6) is 0.896. The van der Waals surface area contributed by atoms with Crippen molar-refractivity contribution in [1.29, 1.82) is 0 Å². The summed E-state index contributed by atoms with van der Waals surface area (Å²) in [6.45, 7) is 10.7. The van der Waals surface area contributed by atoms with Crippen molar-refractivity contribution in [3.8, 4) is 0 Å². The first kappa shape index (κ1) is 15.0. The molecule has 0 aromatic rings. The van der Waals surface area contributed by atoms with Gasteiger partial charge in [-0.25, -0.2) is 0 Å². The van der Waals surface area contributed by atoms with Gasteiger partial charge < -0.3 is 5.32 Å². The van der Waals surface area contributed by atoms with Crippen molar-refractivity contribution in [3.05, 3.63) is 0 Å². The van der Waals surface area contributed by atoms with Crippen molar-refractivity contribution in [3.63, 3.8) is 0 Å². The maximum Gasteiger partial charge on any atom is 0.0100 e. The lowest BCUT2D eigenvalue weighted by molar-refractivity contribution is 0.0942. The molecule has 1 rings (SSSR count). The Morgan fingerprint density at radius 2 is 1.94 bits per heavy atom. The third-order valence-corrected chi connectivity index (χ3v) is 4.66. The summed E-state index contributed by atoms with van der Waals surface area (Å²) in [7, 11) is 0. The second kappa shape index (κ2) is 7.41. The van der Waals surface area contributed by atoms with Gasteiger partial charge in [0.15, 0.2) is 0 Å². The third-order valence-electron chi connectivity index (χ3n) is 4.66. The SMILES string of the molecule is CCCCCC(NCC)C1CCCCC1(C)C. The number of unbranched alkanes of at least 4 members (excludes halogenated alkanes) is 2. The van der Waals surface area contributed by atoms with Crippen LogP contribution < -0.4 is 5.32 Å². The van der Waals surface area contributed by atoms with Gasteiger partial charge in [-0.1, -0.05) is 59.8 Å². The van der Waals surface area contributed by atoms with E-state index < -0.39 is 0 Å². The van der Waals surface area contributed by atoms with Gasteiger partial charge >= 0.3 is 0 Å². The number of rotatable bonds is 7. The van der Waals surface area contributed by atoms with Gasteiger partial charge in [0.2, 0.25) is 0 Å². The van der Waals surface area contributed by atoms with E-state index in [9.17, 15) is 0 Å². The van der Waals surface area contributed by atoms with Gasteiger partial charge in [0.25, 0.3) is 0 Å². The van der Waals surface area contributed by atoms with E-state index in [1.807, 2.05) is 0 Å². The van der Waals surface area contributed by atoms with E-state index >= 15 is 0 Å². The molecule has 0 amide bonds. The van der Waals surface area contributed by atoms with Gasteiger partial charge in [-0.2, -0.15) is 0 Å². The Morgan fingerprint density at radius 1 is 1.18 bits per heavy atom. The van der Waals surface area contributed by atoms with Crippen LogP contribution in [0, 0.1) is 11.3 Å². The molecule has 102 valence electrons. The largest absolute Gasteiger partial charge is 0.314 e. The molecule has 1 fully saturated rings. The van der Waals surface area contributed by atoms with Gasteiger partial charge in [-0.05, 0) is 37.1 Å². The van der Waals surface area contributed by atoms with E-state index in [0.29, 0.717) is 5.41 Å². The molecule has 1 nitrogen and oxygen atoms in total. The molecule has 0 aromatic heterocycles. The molecule has 0 spiro atoms. The first-order valence-electron chi connectivity index (χ1n) is 7.85. The molecule has 1 saturated carbocycles. The number of hydrogen-bond donors (Lipinski definition) is 1. The van der Waals surface area contributed by atoms with Crippen LogP contribution in [-0.2, 0) is 0 Å². The van der Waals surface area contributed by atoms with E-state index in [-0.39, 0.29) is 0 Å². The Kier molecular flexibility index (Phi) is 6.54. The molecular formula is C16H33N. The Labute approximate surface area is 109 Å². The highest BCUT2D eigenvalue weighted by molar-refractivity contribution is 4.90. The first-order valence-corrected chi connectivity index (χ1v) is 7.85. The van der Waals surface area contributed by atoms with Crippen LogP contribution in [0.25, 0.3) is 0 Å². The fourth-order valence-corrected chi connectivity index (χ4v) is 3.59. The van der Waals surface area contributed by atoms with Gasteiger partial charge in [-0.15, -0.1) is 0 Å². The summed E-state index contributed by atoms with van der Waals surface area (Å²) < 4.78 is 0. The van der Waals surface area contributed by atoms with Crippen molar-refractivity contribution < 1.29 is 0 Å². The Balaban J connectivity index is 2.54. The summed E-state index contributed by atoms with van der Waals surface area (Å²) >= 11 is 0. The molecule has 0 aromatic carbocycles. The molecule has 1 N–H and O–H groups in total. The quantitative estimate of drug-likeness (QED) is 0.632. The van der Waals surface area contributed by atoms with E-state index in [4.69, 9.17) is 0 Å². The van der Waals surface area contributed by atoms with Crippen LogP contribution in [0.1, 0.15) is 79.1 Å². The zero-order valence-corrected chi connectivity index (χ0v) is 12.5. The van der Waals surface area contributed by atoms with Crippen molar-refractivity contribution in [1.82, 2.24) is 5.32 Å². The van der Waals surface area contributed by atoms with Crippen LogP contribution in [-0.4, -0.2) is 12.6 Å². The Hall–Kier alpha value is -0.0400. The van der Waals surface area contributed by atoms with Gasteiger partial charge in [0.1, 0.15) is 0 Å². The lowest BCUT2D eigenvalue weighted by Gasteiger charge is -2.43. The molecule has 0 saturated heterocycles. The molecule has 0 aliphatic heterocycles. The minimum absolute atomic E-state index is 0.553. The van der Waals surface area contributed by atoms with E-state index in [1.165, 1.54) is 51.4 Å². The van der Waals surface area contributed by atoms with Gasteiger partial charge in [0, 0.05) is 6.04 Å². The maximum absolute atomic E-state index is 3.77. The van der Waals surface area contributed by atoms with Gasteiger partial charge in [-0.3, -0.25) is 0 Å². The Bertz CT molecular complexity index is 198. The summed E-state index contributed by atoms with van der Waals surface area (Å²) in [5, 5.41) is 3.77. The molecular weight excluding hydrogens is 206 g/mol. The Morgan fingerprint density at radius 3 is 2.53 bits per heavy atom. The standard InChI is InChI=1S/C16H33N/c1-5-7-8-12-15(17-6-2)14-11-9-10-13-16(14,3)4/h14-15,17H,5-13H2,1-4H3. The van der Waals surface area contributed by atoms with Crippen LogP contribution in [0.2, 0.25) is 0 Å². The topological polar surface area (TPSA) is 12.0 Å². The molecule has 17 heavy (non-hydrogen) atoms. The molecule has 0 heterocycles. The number of nitrogens with one attached hydrogen (secondary N) is 1. The maximum atomic E-state index is 3.77. The van der Waals surface area contributed by atoms with E-state index in [1.54, 1.807) is 0 Å². The highest BCUT2D eigenvalue weighted by atomic mass is 14.9. The lowest BCUT2D eigenvalue weighted by atomic mass is 9.65. The molecule has 0 radical (unpaired) electrons. The zero-order valence-electron chi connectivity index (χ0n) is 12.5. The summed E-state index contributed by atoms with van der Waals surface area (Å²) in [5.41, 5.74) is 0.553. The van der Waals surface area contributed by atoms with Crippen molar-refractivity contribution in [2.24, 2.45) is 11.3 Å². The summed E-state index contributed by atoms with van der Waals surface area (Å²) in [6, 6.07) is 0.766. The second-order valence-corrected chi connectivity index (χ2v) is 6.50. The first-order chi connectivity index (χ1) is 8.11.